The maximum atomic E-state index is 12.4. The second kappa shape index (κ2) is 4.96. The van der Waals surface area contributed by atoms with Crippen LogP contribution in [0.15, 0.2) is 0 Å². The van der Waals surface area contributed by atoms with Gasteiger partial charge in [-0.3, -0.25) is 0 Å². The summed E-state index contributed by atoms with van der Waals surface area (Å²) in [7, 11) is -3.12. The summed E-state index contributed by atoms with van der Waals surface area (Å²) in [5.74, 6) is 2.08. The van der Waals surface area contributed by atoms with Gasteiger partial charge >= 0.3 is 0 Å². The fourth-order valence-corrected chi connectivity index (χ4v) is 6.45. The lowest BCUT2D eigenvalue weighted by Gasteiger charge is -2.38. The van der Waals surface area contributed by atoms with Crippen molar-refractivity contribution in [2.24, 2.45) is 5.73 Å². The van der Waals surface area contributed by atoms with Crippen LogP contribution < -0.4 is 5.73 Å². The zero-order chi connectivity index (χ0) is 13.4. The number of ether oxygens (including phenoxy) is 1. The molecule has 106 valence electrons. The molecule has 0 amide bonds. The Morgan fingerprint density at radius 2 is 2.22 bits per heavy atom. The topological polar surface area (TPSA) is 69.4 Å². The average molecular weight is 293 g/mol. The molecule has 0 aromatic rings. The normalized spacial score (nSPS) is 34.1. The Morgan fingerprint density at radius 3 is 2.78 bits per heavy atom. The number of hydrogen-bond acceptors (Lipinski definition) is 5. The minimum absolute atomic E-state index is 0.0634. The van der Waals surface area contributed by atoms with Crippen LogP contribution in [0.3, 0.4) is 0 Å². The molecule has 2 rings (SSSR count). The fraction of sp³-hybridized carbons (Fsp3) is 1.00. The van der Waals surface area contributed by atoms with E-state index in [9.17, 15) is 8.42 Å². The molecular weight excluding hydrogens is 270 g/mol. The van der Waals surface area contributed by atoms with Crippen LogP contribution in [0.4, 0.5) is 0 Å². The molecule has 2 atom stereocenters. The van der Waals surface area contributed by atoms with Crippen molar-refractivity contribution in [2.75, 3.05) is 23.9 Å². The maximum Gasteiger partial charge on any atom is 0.155 e. The number of sulfone groups is 1. The highest BCUT2D eigenvalue weighted by molar-refractivity contribution is 7.99. The van der Waals surface area contributed by atoms with Crippen LogP contribution in [0.5, 0.6) is 0 Å². The molecule has 18 heavy (non-hydrogen) atoms. The van der Waals surface area contributed by atoms with Crippen LogP contribution in [0, 0.1) is 0 Å². The molecule has 2 unspecified atom stereocenters. The highest BCUT2D eigenvalue weighted by Crippen LogP contribution is 2.40. The number of nitrogens with two attached hydrogens (primary N) is 1. The number of thioether (sulfide) groups is 1. The molecule has 2 aliphatic heterocycles. The van der Waals surface area contributed by atoms with Gasteiger partial charge in [0.2, 0.25) is 0 Å². The largest absolute Gasteiger partial charge is 0.374 e. The molecule has 0 saturated carbocycles. The molecule has 0 aliphatic carbocycles. The van der Waals surface area contributed by atoms with E-state index in [0.29, 0.717) is 19.4 Å². The summed E-state index contributed by atoms with van der Waals surface area (Å²) in [5, 5.41) is -0.271. The fourth-order valence-electron chi connectivity index (χ4n) is 2.79. The number of rotatable bonds is 3. The first-order chi connectivity index (χ1) is 8.23. The summed E-state index contributed by atoms with van der Waals surface area (Å²) in [6.45, 7) is 4.10. The van der Waals surface area contributed by atoms with Crippen molar-refractivity contribution in [1.29, 1.82) is 0 Å². The Hall–Kier alpha value is 0.220. The maximum absolute atomic E-state index is 12.4. The second-order valence-electron chi connectivity index (χ2n) is 6.24. The van der Waals surface area contributed by atoms with Crippen LogP contribution in [0.2, 0.25) is 0 Å². The van der Waals surface area contributed by atoms with E-state index in [4.69, 9.17) is 10.5 Å². The number of hydrogen-bond donors (Lipinski definition) is 1. The van der Waals surface area contributed by atoms with Crippen molar-refractivity contribution >= 4 is 21.6 Å². The Balaban J connectivity index is 2.09. The minimum Gasteiger partial charge on any atom is -0.374 e. The smallest absolute Gasteiger partial charge is 0.155 e. The van der Waals surface area contributed by atoms with E-state index in [1.807, 2.05) is 11.8 Å². The van der Waals surface area contributed by atoms with Gasteiger partial charge in [-0.25, -0.2) is 8.42 Å². The molecule has 2 saturated heterocycles. The molecule has 1 spiro atoms. The summed E-state index contributed by atoms with van der Waals surface area (Å²) in [6.07, 6.45) is 2.25. The first-order valence-corrected chi connectivity index (χ1v) is 9.32. The Bertz CT molecular complexity index is 394. The van der Waals surface area contributed by atoms with Crippen molar-refractivity contribution in [3.8, 4) is 0 Å². The van der Waals surface area contributed by atoms with Gasteiger partial charge in [-0.05, 0) is 38.9 Å². The molecule has 6 heteroatoms. The Labute approximate surface area is 114 Å². The second-order valence-corrected chi connectivity index (χ2v) is 9.63. The van der Waals surface area contributed by atoms with Crippen LogP contribution in [0.25, 0.3) is 0 Å². The monoisotopic (exact) mass is 293 g/mol. The quantitative estimate of drug-likeness (QED) is 0.846. The van der Waals surface area contributed by atoms with E-state index in [1.165, 1.54) is 0 Å². The van der Waals surface area contributed by atoms with Crippen LogP contribution in [-0.4, -0.2) is 48.7 Å². The molecule has 4 nitrogen and oxygen atoms in total. The zero-order valence-electron chi connectivity index (χ0n) is 11.1. The summed E-state index contributed by atoms with van der Waals surface area (Å²) < 4.78 is 30.7. The summed E-state index contributed by atoms with van der Waals surface area (Å²) >= 11 is 1.86. The summed E-state index contributed by atoms with van der Waals surface area (Å²) in [4.78, 5) is 0. The molecule has 0 radical (unpaired) electrons. The van der Waals surface area contributed by atoms with Gasteiger partial charge in [0.15, 0.2) is 9.84 Å². The summed E-state index contributed by atoms with van der Waals surface area (Å²) in [5.41, 5.74) is 5.02. The molecule has 2 N–H and O–H groups in total. The average Bonchev–Trinajstić information content (AvgIpc) is 2.63. The first kappa shape index (κ1) is 14.6. The molecule has 2 aliphatic rings. The van der Waals surface area contributed by atoms with Crippen LogP contribution in [0.1, 0.15) is 33.1 Å². The van der Waals surface area contributed by atoms with E-state index in [1.54, 1.807) is 13.8 Å². The van der Waals surface area contributed by atoms with Crippen LogP contribution in [-0.2, 0) is 14.6 Å². The van der Waals surface area contributed by atoms with Gasteiger partial charge in [-0.2, -0.15) is 11.8 Å². The molecule has 0 aromatic carbocycles. The third kappa shape index (κ3) is 3.40. The van der Waals surface area contributed by atoms with Gasteiger partial charge < -0.3 is 10.5 Å². The lowest BCUT2D eigenvalue weighted by Crippen LogP contribution is -2.49. The van der Waals surface area contributed by atoms with Crippen molar-refractivity contribution < 1.29 is 13.2 Å². The molecule has 2 fully saturated rings. The van der Waals surface area contributed by atoms with Gasteiger partial charge in [-0.1, -0.05) is 0 Å². The van der Waals surface area contributed by atoms with Crippen molar-refractivity contribution in [1.82, 2.24) is 0 Å². The molecular formula is C12H23NO3S2. The SMILES string of the molecule is CC(C)(N)CS(=O)(=O)C1CCOC2(CCSC2)C1. The molecule has 0 aromatic heterocycles. The lowest BCUT2D eigenvalue weighted by atomic mass is 9.93. The van der Waals surface area contributed by atoms with E-state index >= 15 is 0 Å². The van der Waals surface area contributed by atoms with Crippen LogP contribution >= 0.6 is 11.8 Å². The van der Waals surface area contributed by atoms with Crippen molar-refractivity contribution in [2.45, 2.75) is 49.5 Å². The predicted octanol–water partition coefficient (Wildman–Crippen LogP) is 1.19. The van der Waals surface area contributed by atoms with Crippen molar-refractivity contribution in [3.05, 3.63) is 0 Å². The van der Waals surface area contributed by atoms with Gasteiger partial charge in [0, 0.05) is 17.9 Å². The van der Waals surface area contributed by atoms with Gasteiger partial charge in [0.25, 0.3) is 0 Å². The standard InChI is InChI=1S/C12H23NO3S2/c1-11(2,13)9-18(14,15)10-3-5-16-12(7-10)4-6-17-8-12/h10H,3-9,13H2,1-2H3. The Kier molecular flexibility index (Phi) is 4.03. The third-order valence-corrected chi connectivity index (χ3v) is 7.38. The third-order valence-electron chi connectivity index (χ3n) is 3.60. The van der Waals surface area contributed by atoms with E-state index in [2.05, 4.69) is 0 Å². The highest BCUT2D eigenvalue weighted by atomic mass is 32.2. The van der Waals surface area contributed by atoms with Gasteiger partial charge in [-0.15, -0.1) is 0 Å². The molecule has 0 bridgehead atoms. The highest BCUT2D eigenvalue weighted by Gasteiger charge is 2.44. The summed E-state index contributed by atoms with van der Waals surface area (Å²) in [6, 6.07) is 0. The van der Waals surface area contributed by atoms with Gasteiger partial charge in [0.1, 0.15) is 0 Å². The predicted molar refractivity (Wildman–Crippen MR) is 75.7 cm³/mol. The first-order valence-electron chi connectivity index (χ1n) is 6.45. The van der Waals surface area contributed by atoms with E-state index < -0.39 is 15.4 Å². The van der Waals surface area contributed by atoms with E-state index in [-0.39, 0.29) is 16.6 Å². The van der Waals surface area contributed by atoms with Gasteiger partial charge in [0.05, 0.1) is 16.6 Å². The van der Waals surface area contributed by atoms with E-state index in [0.717, 1.165) is 17.9 Å². The van der Waals surface area contributed by atoms with Crippen molar-refractivity contribution in [3.63, 3.8) is 0 Å². The zero-order valence-corrected chi connectivity index (χ0v) is 12.8. The minimum atomic E-state index is -3.12. The lowest BCUT2D eigenvalue weighted by molar-refractivity contribution is -0.0572. The molecule has 2 heterocycles. The Morgan fingerprint density at radius 1 is 1.50 bits per heavy atom.